The Morgan fingerprint density at radius 2 is 1.96 bits per heavy atom. The number of aromatic nitrogens is 4. The zero-order chi connectivity index (χ0) is 19.2. The van der Waals surface area contributed by atoms with E-state index < -0.39 is 9.73 Å². The summed E-state index contributed by atoms with van der Waals surface area (Å²) in [5.41, 5.74) is 2.43. The Bertz CT molecular complexity index is 1320. The molecule has 27 heavy (non-hydrogen) atoms. The second-order valence-corrected chi connectivity index (χ2v) is 8.41. The van der Waals surface area contributed by atoms with Gasteiger partial charge in [0, 0.05) is 22.6 Å². The molecular weight excluding hydrogens is 366 g/mol. The molecule has 138 valence electrons. The van der Waals surface area contributed by atoms with Crippen molar-refractivity contribution in [1.29, 1.82) is 4.78 Å². The molecule has 0 saturated carbocycles. The molecule has 3 aromatic heterocycles. The Balaban J connectivity index is 1.85. The van der Waals surface area contributed by atoms with Gasteiger partial charge in [-0.3, -0.25) is 4.57 Å². The summed E-state index contributed by atoms with van der Waals surface area (Å²) in [6.07, 6.45) is 2.96. The van der Waals surface area contributed by atoms with Gasteiger partial charge in [-0.2, -0.15) is 4.98 Å². The highest BCUT2D eigenvalue weighted by atomic mass is 32.2. The molecule has 0 fully saturated rings. The van der Waals surface area contributed by atoms with Gasteiger partial charge in [0.2, 0.25) is 5.88 Å². The lowest BCUT2D eigenvalue weighted by Crippen LogP contribution is -2.17. The van der Waals surface area contributed by atoms with Gasteiger partial charge >= 0.3 is 5.69 Å². The zero-order valence-corrected chi connectivity index (χ0v) is 15.5. The molecule has 8 nitrogen and oxygen atoms in total. The summed E-state index contributed by atoms with van der Waals surface area (Å²) in [6, 6.07) is 10.4. The van der Waals surface area contributed by atoms with E-state index in [4.69, 9.17) is 9.52 Å². The number of nitrogens with zero attached hydrogens (tertiary/aromatic N) is 3. The summed E-state index contributed by atoms with van der Waals surface area (Å²) >= 11 is 0. The molecule has 3 heterocycles. The highest BCUT2D eigenvalue weighted by Gasteiger charge is 2.13. The second kappa shape index (κ2) is 6.20. The van der Waals surface area contributed by atoms with E-state index in [1.165, 1.54) is 13.4 Å². The second-order valence-electron chi connectivity index (χ2n) is 6.25. The molecule has 0 radical (unpaired) electrons. The fourth-order valence-electron chi connectivity index (χ4n) is 3.01. The molecule has 0 aliphatic heterocycles. The Labute approximate surface area is 154 Å². The lowest BCUT2D eigenvalue weighted by molar-refractivity contribution is 0.399. The quantitative estimate of drug-likeness (QED) is 0.562. The van der Waals surface area contributed by atoms with Gasteiger partial charge in [-0.05, 0) is 23.8 Å². The Morgan fingerprint density at radius 1 is 1.22 bits per heavy atom. The van der Waals surface area contributed by atoms with Gasteiger partial charge in [-0.25, -0.2) is 18.8 Å². The number of aromatic amines is 1. The van der Waals surface area contributed by atoms with Crippen molar-refractivity contribution in [3.63, 3.8) is 0 Å². The average molecular weight is 383 g/mol. The fraction of sp³-hybridized carbons (Fsp3) is 0.167. The summed E-state index contributed by atoms with van der Waals surface area (Å²) in [7, 11) is -1.23. The molecule has 4 aromatic rings. The molecular formula is C18H17N5O3S. The van der Waals surface area contributed by atoms with E-state index in [-0.39, 0.29) is 5.69 Å². The van der Waals surface area contributed by atoms with Gasteiger partial charge in [0.15, 0.2) is 5.65 Å². The van der Waals surface area contributed by atoms with Crippen LogP contribution in [-0.2, 0) is 16.3 Å². The number of rotatable bonds is 4. The number of fused-ring (bicyclic) bond motifs is 3. The number of H-pyrrole nitrogens is 1. The molecule has 0 spiro atoms. The number of benzene rings is 1. The third-order valence-electron chi connectivity index (χ3n) is 4.36. The number of hydrogen-bond donors (Lipinski definition) is 2. The van der Waals surface area contributed by atoms with Gasteiger partial charge < -0.3 is 9.72 Å². The third-order valence-corrected chi connectivity index (χ3v) is 5.53. The number of imidazole rings is 1. The molecule has 2 N–H and O–H groups in total. The van der Waals surface area contributed by atoms with Gasteiger partial charge in [-0.15, -0.1) is 0 Å². The molecule has 0 amide bonds. The Kier molecular flexibility index (Phi) is 3.96. The number of methoxy groups -OCH3 is 1. The zero-order valence-electron chi connectivity index (χ0n) is 14.7. The van der Waals surface area contributed by atoms with E-state index in [1.807, 2.05) is 6.07 Å². The van der Waals surface area contributed by atoms with E-state index in [0.29, 0.717) is 34.0 Å². The SMILES string of the molecule is COc1ccc2c(ncc3[nH]c(=O)n(Cc4ccc(S(C)(=N)=O)cc4)c32)n1. The Morgan fingerprint density at radius 3 is 2.63 bits per heavy atom. The number of pyridine rings is 2. The molecule has 1 atom stereocenters. The average Bonchev–Trinajstić information content (AvgIpc) is 2.96. The van der Waals surface area contributed by atoms with Crippen LogP contribution in [0.15, 0.2) is 52.3 Å². The van der Waals surface area contributed by atoms with Crippen molar-refractivity contribution in [3.05, 3.63) is 58.6 Å². The summed E-state index contributed by atoms with van der Waals surface area (Å²) < 4.78 is 26.2. The van der Waals surface area contributed by atoms with Crippen LogP contribution in [0.2, 0.25) is 0 Å². The van der Waals surface area contributed by atoms with E-state index in [1.54, 1.807) is 41.1 Å². The Hall–Kier alpha value is -3.20. The first-order valence-electron chi connectivity index (χ1n) is 8.12. The van der Waals surface area contributed by atoms with Crippen LogP contribution in [0.3, 0.4) is 0 Å². The fourth-order valence-corrected chi connectivity index (χ4v) is 3.67. The van der Waals surface area contributed by atoms with E-state index in [0.717, 1.165) is 10.9 Å². The van der Waals surface area contributed by atoms with E-state index in [9.17, 15) is 9.00 Å². The van der Waals surface area contributed by atoms with Crippen molar-refractivity contribution in [3.8, 4) is 5.88 Å². The summed E-state index contributed by atoms with van der Waals surface area (Å²) in [6.45, 7) is 0.327. The maximum atomic E-state index is 12.5. The molecule has 4 rings (SSSR count). The minimum atomic E-state index is -2.76. The van der Waals surface area contributed by atoms with Crippen LogP contribution >= 0.6 is 0 Å². The van der Waals surface area contributed by atoms with Crippen molar-refractivity contribution >= 4 is 31.8 Å². The molecule has 0 aliphatic rings. The van der Waals surface area contributed by atoms with Crippen molar-refractivity contribution in [2.75, 3.05) is 13.4 Å². The predicted octanol–water partition coefficient (Wildman–Crippen LogP) is 2.37. The van der Waals surface area contributed by atoms with Crippen molar-refractivity contribution in [2.24, 2.45) is 0 Å². The summed E-state index contributed by atoms with van der Waals surface area (Å²) in [5, 5.41) is 0.742. The van der Waals surface area contributed by atoms with Gasteiger partial charge in [0.05, 0.1) is 40.6 Å². The van der Waals surface area contributed by atoms with Crippen molar-refractivity contribution < 1.29 is 8.95 Å². The van der Waals surface area contributed by atoms with E-state index >= 15 is 0 Å². The normalized spacial score (nSPS) is 13.7. The molecule has 0 aliphatic carbocycles. The number of nitrogens with one attached hydrogen (secondary N) is 2. The first-order valence-corrected chi connectivity index (χ1v) is 10.1. The largest absolute Gasteiger partial charge is 0.481 e. The summed E-state index contributed by atoms with van der Waals surface area (Å²) in [5.74, 6) is 0.452. The molecule has 1 aromatic carbocycles. The highest BCUT2D eigenvalue weighted by Crippen LogP contribution is 2.23. The lowest BCUT2D eigenvalue weighted by atomic mass is 10.2. The van der Waals surface area contributed by atoms with Crippen LogP contribution in [0.25, 0.3) is 22.1 Å². The third kappa shape index (κ3) is 3.06. The van der Waals surface area contributed by atoms with Crippen molar-refractivity contribution in [2.45, 2.75) is 11.4 Å². The molecule has 0 saturated heterocycles. The molecule has 9 heteroatoms. The van der Waals surface area contributed by atoms with Gasteiger partial charge in [0.1, 0.15) is 0 Å². The van der Waals surface area contributed by atoms with E-state index in [2.05, 4.69) is 15.0 Å². The molecule has 1 unspecified atom stereocenters. The predicted molar refractivity (Wildman–Crippen MR) is 103 cm³/mol. The maximum Gasteiger partial charge on any atom is 0.326 e. The van der Waals surface area contributed by atoms with Gasteiger partial charge in [-0.1, -0.05) is 12.1 Å². The number of hydrogen-bond acceptors (Lipinski definition) is 6. The minimum absolute atomic E-state index is 0.251. The summed E-state index contributed by atoms with van der Waals surface area (Å²) in [4.78, 5) is 24.4. The lowest BCUT2D eigenvalue weighted by Gasteiger charge is -2.08. The first kappa shape index (κ1) is 17.2. The monoisotopic (exact) mass is 383 g/mol. The van der Waals surface area contributed by atoms with Gasteiger partial charge in [0.25, 0.3) is 0 Å². The van der Waals surface area contributed by atoms with Crippen LogP contribution < -0.4 is 10.4 Å². The van der Waals surface area contributed by atoms with Crippen LogP contribution in [-0.4, -0.2) is 37.1 Å². The van der Waals surface area contributed by atoms with Crippen LogP contribution in [0.1, 0.15) is 5.56 Å². The topological polar surface area (TPSA) is 114 Å². The first-order chi connectivity index (χ1) is 12.9. The van der Waals surface area contributed by atoms with Crippen LogP contribution in [0.5, 0.6) is 5.88 Å². The highest BCUT2D eigenvalue weighted by molar-refractivity contribution is 7.91. The van der Waals surface area contributed by atoms with Crippen LogP contribution in [0, 0.1) is 4.78 Å². The smallest absolute Gasteiger partial charge is 0.326 e. The molecule has 0 bridgehead atoms. The number of ether oxygens (including phenoxy) is 1. The standard InChI is InChI=1S/C18H17N5O3S/c1-26-15-8-7-13-16-14(9-20-17(13)22-15)21-18(24)23(16)10-11-3-5-12(6-4-11)27(2,19)25/h3-9,19H,10H2,1-2H3,(H,21,24). The minimum Gasteiger partial charge on any atom is -0.481 e. The van der Waals surface area contributed by atoms with Crippen LogP contribution in [0.4, 0.5) is 0 Å². The van der Waals surface area contributed by atoms with Crippen molar-refractivity contribution in [1.82, 2.24) is 19.5 Å². The maximum absolute atomic E-state index is 12.5.